The molecule has 6 nitrogen and oxygen atoms in total. The molecule has 0 bridgehead atoms. The minimum Gasteiger partial charge on any atom is -0.361 e. The second-order valence-electron chi connectivity index (χ2n) is 7.36. The van der Waals surface area contributed by atoms with Crippen LogP contribution in [0.3, 0.4) is 0 Å². The number of rotatable bonds is 7. The maximum Gasteiger partial charge on any atom is 0.191 e. The van der Waals surface area contributed by atoms with Gasteiger partial charge in [0.15, 0.2) is 5.96 Å². The Bertz CT molecular complexity index is 902. The molecule has 0 spiro atoms. The lowest BCUT2D eigenvalue weighted by Gasteiger charge is -2.14. The molecular weight excluding hydrogens is 336 g/mol. The van der Waals surface area contributed by atoms with Crippen LogP contribution in [0.4, 0.5) is 0 Å². The van der Waals surface area contributed by atoms with Crippen molar-refractivity contribution in [2.75, 3.05) is 13.6 Å². The SMILES string of the molecule is CN=C(NCCc1c[nH]c2cc(C)ccc12)NCc1nccn1CC(C)C. The first kappa shape index (κ1) is 19.0. The van der Waals surface area contributed by atoms with Gasteiger partial charge in [-0.05, 0) is 36.5 Å². The predicted octanol–water partition coefficient (Wildman–Crippen LogP) is 3.24. The number of guanidine groups is 1. The van der Waals surface area contributed by atoms with Crippen molar-refractivity contribution < 1.29 is 0 Å². The largest absolute Gasteiger partial charge is 0.361 e. The summed E-state index contributed by atoms with van der Waals surface area (Å²) >= 11 is 0. The van der Waals surface area contributed by atoms with Crippen LogP contribution in [0.1, 0.15) is 30.8 Å². The Balaban J connectivity index is 1.51. The van der Waals surface area contributed by atoms with Gasteiger partial charge in [0.1, 0.15) is 5.82 Å². The summed E-state index contributed by atoms with van der Waals surface area (Å²) < 4.78 is 2.19. The minimum absolute atomic E-state index is 0.593. The number of H-pyrrole nitrogens is 1. The van der Waals surface area contributed by atoms with Crippen LogP contribution in [-0.4, -0.2) is 34.1 Å². The molecule has 144 valence electrons. The Morgan fingerprint density at radius 2 is 2.15 bits per heavy atom. The van der Waals surface area contributed by atoms with Crippen LogP contribution in [0.15, 0.2) is 41.8 Å². The normalized spacial score (nSPS) is 12.1. The number of aryl methyl sites for hydroxylation is 1. The molecule has 0 saturated heterocycles. The molecule has 2 aromatic heterocycles. The summed E-state index contributed by atoms with van der Waals surface area (Å²) in [6.07, 6.45) is 6.93. The highest BCUT2D eigenvalue weighted by Crippen LogP contribution is 2.19. The van der Waals surface area contributed by atoms with Crippen molar-refractivity contribution in [2.45, 2.75) is 40.3 Å². The first-order valence-electron chi connectivity index (χ1n) is 9.58. The molecule has 3 aromatic rings. The summed E-state index contributed by atoms with van der Waals surface area (Å²) in [5.74, 6) is 2.42. The first-order chi connectivity index (χ1) is 13.1. The number of hydrogen-bond donors (Lipinski definition) is 3. The zero-order valence-corrected chi connectivity index (χ0v) is 16.7. The first-order valence-corrected chi connectivity index (χ1v) is 9.58. The van der Waals surface area contributed by atoms with E-state index in [4.69, 9.17) is 0 Å². The molecule has 0 aliphatic rings. The maximum atomic E-state index is 4.45. The summed E-state index contributed by atoms with van der Waals surface area (Å²) in [5, 5.41) is 8.05. The van der Waals surface area contributed by atoms with Crippen LogP contribution >= 0.6 is 0 Å². The predicted molar refractivity (Wildman–Crippen MR) is 112 cm³/mol. The Kier molecular flexibility index (Phi) is 6.16. The number of aliphatic imine (C=N–C) groups is 1. The van der Waals surface area contributed by atoms with Gasteiger partial charge in [-0.3, -0.25) is 4.99 Å². The lowest BCUT2D eigenvalue weighted by atomic mass is 10.1. The number of nitrogens with one attached hydrogen (secondary N) is 3. The van der Waals surface area contributed by atoms with Gasteiger partial charge >= 0.3 is 0 Å². The van der Waals surface area contributed by atoms with E-state index in [0.717, 1.165) is 31.3 Å². The van der Waals surface area contributed by atoms with E-state index in [1.54, 1.807) is 7.05 Å². The van der Waals surface area contributed by atoms with Crippen molar-refractivity contribution in [2.24, 2.45) is 10.9 Å². The van der Waals surface area contributed by atoms with Crippen LogP contribution in [0.2, 0.25) is 0 Å². The second-order valence-corrected chi connectivity index (χ2v) is 7.36. The second kappa shape index (κ2) is 8.75. The van der Waals surface area contributed by atoms with E-state index in [1.165, 1.54) is 22.0 Å². The van der Waals surface area contributed by atoms with Crippen molar-refractivity contribution in [1.29, 1.82) is 0 Å². The lowest BCUT2D eigenvalue weighted by Crippen LogP contribution is -2.38. The fourth-order valence-electron chi connectivity index (χ4n) is 3.27. The van der Waals surface area contributed by atoms with E-state index in [9.17, 15) is 0 Å². The average molecular weight is 367 g/mol. The highest BCUT2D eigenvalue weighted by Gasteiger charge is 2.07. The van der Waals surface area contributed by atoms with Crippen LogP contribution in [0, 0.1) is 12.8 Å². The smallest absolute Gasteiger partial charge is 0.191 e. The van der Waals surface area contributed by atoms with Crippen LogP contribution in [0.5, 0.6) is 0 Å². The van der Waals surface area contributed by atoms with Crippen LogP contribution < -0.4 is 10.6 Å². The molecule has 6 heteroatoms. The quantitative estimate of drug-likeness (QED) is 0.444. The summed E-state index contributed by atoms with van der Waals surface area (Å²) in [6.45, 7) is 8.99. The molecular formula is C21H30N6. The molecule has 0 aliphatic carbocycles. The number of imidazole rings is 1. The van der Waals surface area contributed by atoms with Crippen LogP contribution in [-0.2, 0) is 19.5 Å². The van der Waals surface area contributed by atoms with Gasteiger partial charge in [0.25, 0.3) is 0 Å². The topological polar surface area (TPSA) is 70.0 Å². The fourth-order valence-corrected chi connectivity index (χ4v) is 3.27. The van der Waals surface area contributed by atoms with Gasteiger partial charge in [-0.1, -0.05) is 26.0 Å². The third-order valence-electron chi connectivity index (χ3n) is 4.61. The molecule has 0 saturated carbocycles. The van der Waals surface area contributed by atoms with E-state index in [-0.39, 0.29) is 0 Å². The van der Waals surface area contributed by atoms with Crippen molar-refractivity contribution >= 4 is 16.9 Å². The molecule has 3 rings (SSSR count). The molecule has 27 heavy (non-hydrogen) atoms. The molecule has 2 heterocycles. The molecule has 0 atom stereocenters. The van der Waals surface area contributed by atoms with Gasteiger partial charge < -0.3 is 20.2 Å². The van der Waals surface area contributed by atoms with E-state index in [0.29, 0.717) is 12.5 Å². The molecule has 1 aromatic carbocycles. The molecule has 0 fully saturated rings. The Labute approximate surface area is 161 Å². The monoisotopic (exact) mass is 366 g/mol. The number of aromatic amines is 1. The maximum absolute atomic E-state index is 4.45. The lowest BCUT2D eigenvalue weighted by molar-refractivity contribution is 0.503. The van der Waals surface area contributed by atoms with Gasteiger partial charge in [0.05, 0.1) is 6.54 Å². The molecule has 0 radical (unpaired) electrons. The fraction of sp³-hybridized carbons (Fsp3) is 0.429. The van der Waals surface area contributed by atoms with Gasteiger partial charge in [-0.15, -0.1) is 0 Å². The highest BCUT2D eigenvalue weighted by atomic mass is 15.2. The van der Waals surface area contributed by atoms with E-state index >= 15 is 0 Å². The Hall–Kier alpha value is -2.76. The summed E-state index contributed by atoms with van der Waals surface area (Å²) in [5.41, 5.74) is 3.79. The number of benzene rings is 1. The zero-order valence-electron chi connectivity index (χ0n) is 16.7. The zero-order chi connectivity index (χ0) is 19.2. The van der Waals surface area contributed by atoms with Crippen molar-refractivity contribution in [3.63, 3.8) is 0 Å². The van der Waals surface area contributed by atoms with E-state index in [1.807, 2.05) is 12.4 Å². The summed E-state index contributed by atoms with van der Waals surface area (Å²) in [6, 6.07) is 6.54. The Morgan fingerprint density at radius 3 is 2.93 bits per heavy atom. The number of nitrogens with zero attached hydrogens (tertiary/aromatic N) is 3. The molecule has 0 aliphatic heterocycles. The minimum atomic E-state index is 0.593. The third-order valence-corrected chi connectivity index (χ3v) is 4.61. The van der Waals surface area contributed by atoms with E-state index < -0.39 is 0 Å². The van der Waals surface area contributed by atoms with Crippen molar-refractivity contribution in [1.82, 2.24) is 25.2 Å². The van der Waals surface area contributed by atoms with Crippen molar-refractivity contribution in [3.05, 3.63) is 53.7 Å². The van der Waals surface area contributed by atoms with Crippen LogP contribution in [0.25, 0.3) is 10.9 Å². The third kappa shape index (κ3) is 4.90. The van der Waals surface area contributed by atoms with Crippen molar-refractivity contribution in [3.8, 4) is 0 Å². The van der Waals surface area contributed by atoms with Gasteiger partial charge in [0.2, 0.25) is 0 Å². The summed E-state index contributed by atoms with van der Waals surface area (Å²) in [4.78, 5) is 12.1. The average Bonchev–Trinajstić information content (AvgIpc) is 3.24. The number of fused-ring (bicyclic) bond motifs is 1. The highest BCUT2D eigenvalue weighted by molar-refractivity contribution is 5.84. The summed E-state index contributed by atoms with van der Waals surface area (Å²) in [7, 11) is 1.80. The number of hydrogen-bond acceptors (Lipinski definition) is 2. The molecule has 0 unspecified atom stereocenters. The standard InChI is InChI=1S/C21H30N6/c1-15(2)14-27-10-9-23-20(27)13-26-21(22-4)24-8-7-17-12-25-19-11-16(3)5-6-18(17)19/h5-6,9-12,15,25H,7-8,13-14H2,1-4H3,(H2,22,24,26). The van der Waals surface area contributed by atoms with Gasteiger partial charge in [-0.25, -0.2) is 4.98 Å². The Morgan fingerprint density at radius 1 is 1.30 bits per heavy atom. The molecule has 3 N–H and O–H groups in total. The molecule has 0 amide bonds. The number of aromatic nitrogens is 3. The van der Waals surface area contributed by atoms with E-state index in [2.05, 4.69) is 75.3 Å². The van der Waals surface area contributed by atoms with Gasteiger partial charge in [0, 0.05) is 49.6 Å². The van der Waals surface area contributed by atoms with Gasteiger partial charge in [-0.2, -0.15) is 0 Å².